The highest BCUT2D eigenvalue weighted by molar-refractivity contribution is 5.94. The lowest BCUT2D eigenvalue weighted by Gasteiger charge is -2.12. The molecule has 0 bridgehead atoms. The molecule has 3 aromatic rings. The van der Waals surface area contributed by atoms with Crippen LogP contribution in [0.2, 0.25) is 0 Å². The number of pyridine rings is 1. The van der Waals surface area contributed by atoms with Crippen molar-refractivity contribution in [2.75, 3.05) is 6.54 Å². The zero-order valence-electron chi connectivity index (χ0n) is 13.0. The van der Waals surface area contributed by atoms with Gasteiger partial charge in [-0.05, 0) is 42.0 Å². The Kier molecular flexibility index (Phi) is 4.76. The van der Waals surface area contributed by atoms with Crippen LogP contribution in [0.25, 0.3) is 11.5 Å². The summed E-state index contributed by atoms with van der Waals surface area (Å²) in [7, 11) is 0. The maximum Gasteiger partial charge on any atom is 0.261 e. The van der Waals surface area contributed by atoms with Gasteiger partial charge in [0.25, 0.3) is 11.5 Å². The molecular weight excluding hydrogens is 327 g/mol. The van der Waals surface area contributed by atoms with Crippen LogP contribution in [0.5, 0.6) is 0 Å². The Labute approximate surface area is 141 Å². The highest BCUT2D eigenvalue weighted by Crippen LogP contribution is 2.16. The molecule has 6 nitrogen and oxygen atoms in total. The molecule has 1 amide bonds. The van der Waals surface area contributed by atoms with E-state index in [-0.39, 0.29) is 12.1 Å². The molecule has 3 rings (SSSR count). The van der Waals surface area contributed by atoms with Gasteiger partial charge in [-0.1, -0.05) is 12.1 Å². The summed E-state index contributed by atoms with van der Waals surface area (Å²) in [4.78, 5) is 26.8. The summed E-state index contributed by atoms with van der Waals surface area (Å²) >= 11 is 0. The lowest BCUT2D eigenvalue weighted by molar-refractivity contribution is 0.0914. The van der Waals surface area contributed by atoms with Crippen molar-refractivity contribution in [3.05, 3.63) is 82.1 Å². The first kappa shape index (κ1) is 16.7. The van der Waals surface area contributed by atoms with Gasteiger partial charge in [0.2, 0.25) is 0 Å². The number of aromatic amines is 1. The summed E-state index contributed by atoms with van der Waals surface area (Å²) in [5, 5.41) is 12.5. The Morgan fingerprint density at radius 1 is 1.20 bits per heavy atom. The number of rotatable bonds is 5. The Morgan fingerprint density at radius 3 is 2.60 bits per heavy atom. The summed E-state index contributed by atoms with van der Waals surface area (Å²) in [5.41, 5.74) is 0.269. The van der Waals surface area contributed by atoms with Crippen LogP contribution < -0.4 is 10.9 Å². The molecule has 7 heteroatoms. The Morgan fingerprint density at radius 2 is 1.96 bits per heavy atom. The maximum absolute atomic E-state index is 12.9. The predicted molar refractivity (Wildman–Crippen MR) is 88.5 cm³/mol. The molecular formula is C18H15FN2O4. The number of hydrogen-bond donors (Lipinski definition) is 3. The highest BCUT2D eigenvalue weighted by Gasteiger charge is 2.14. The summed E-state index contributed by atoms with van der Waals surface area (Å²) in [6.07, 6.45) is 0.469. The quantitative estimate of drug-likeness (QED) is 0.663. The van der Waals surface area contributed by atoms with E-state index < -0.39 is 23.4 Å². The van der Waals surface area contributed by atoms with Crippen molar-refractivity contribution < 1.29 is 18.7 Å². The number of nitrogens with one attached hydrogen (secondary N) is 2. The largest absolute Gasteiger partial charge is 0.463 e. The van der Waals surface area contributed by atoms with Crippen molar-refractivity contribution in [1.82, 2.24) is 10.3 Å². The van der Waals surface area contributed by atoms with Crippen LogP contribution in [0, 0.1) is 5.82 Å². The molecule has 1 atom stereocenters. The maximum atomic E-state index is 12.9. The lowest BCUT2D eigenvalue weighted by Crippen LogP contribution is -2.32. The normalized spacial score (nSPS) is 11.9. The SMILES string of the molecule is O=C(NCC(O)c1ccc(F)cc1)c1ccc(-c2ccco2)[nH]c1=O. The van der Waals surface area contributed by atoms with Crippen LogP contribution >= 0.6 is 0 Å². The average molecular weight is 342 g/mol. The zero-order chi connectivity index (χ0) is 17.8. The van der Waals surface area contributed by atoms with E-state index in [0.29, 0.717) is 17.0 Å². The van der Waals surface area contributed by atoms with Crippen LogP contribution in [0.3, 0.4) is 0 Å². The topological polar surface area (TPSA) is 95.3 Å². The van der Waals surface area contributed by atoms with Crippen LogP contribution in [-0.2, 0) is 0 Å². The minimum absolute atomic E-state index is 0.0818. The van der Waals surface area contributed by atoms with Crippen LogP contribution in [0.4, 0.5) is 4.39 Å². The monoisotopic (exact) mass is 342 g/mol. The molecule has 0 spiro atoms. The summed E-state index contributed by atoms with van der Waals surface area (Å²) in [5.74, 6) is -0.549. The number of hydrogen-bond acceptors (Lipinski definition) is 4. The second-order valence-electron chi connectivity index (χ2n) is 5.37. The van der Waals surface area contributed by atoms with Gasteiger partial charge in [-0.15, -0.1) is 0 Å². The van der Waals surface area contributed by atoms with Crippen molar-refractivity contribution >= 4 is 5.91 Å². The smallest absolute Gasteiger partial charge is 0.261 e. The van der Waals surface area contributed by atoms with Gasteiger partial charge in [0, 0.05) is 6.54 Å². The first-order valence-corrected chi connectivity index (χ1v) is 7.53. The molecule has 2 heterocycles. The first-order chi connectivity index (χ1) is 12.0. The molecule has 25 heavy (non-hydrogen) atoms. The van der Waals surface area contributed by atoms with E-state index in [1.54, 1.807) is 18.2 Å². The standard InChI is InChI=1S/C18H15FN2O4/c19-12-5-3-11(4-6-12)15(22)10-20-17(23)13-7-8-14(21-18(13)24)16-2-1-9-25-16/h1-9,15,22H,10H2,(H,20,23)(H,21,24). The fourth-order valence-corrected chi connectivity index (χ4v) is 2.32. The molecule has 1 aromatic carbocycles. The van der Waals surface area contributed by atoms with Gasteiger partial charge in [-0.2, -0.15) is 0 Å². The summed E-state index contributed by atoms with van der Waals surface area (Å²) < 4.78 is 18.0. The second-order valence-corrected chi connectivity index (χ2v) is 5.37. The van der Waals surface area contributed by atoms with Gasteiger partial charge in [0.1, 0.15) is 17.1 Å². The van der Waals surface area contributed by atoms with Crippen molar-refractivity contribution in [3.8, 4) is 11.5 Å². The van der Waals surface area contributed by atoms with Gasteiger partial charge < -0.3 is 19.8 Å². The van der Waals surface area contributed by atoms with Gasteiger partial charge in [-0.25, -0.2) is 4.39 Å². The second kappa shape index (κ2) is 7.14. The molecule has 1 unspecified atom stereocenters. The molecule has 128 valence electrons. The van der Waals surface area contributed by atoms with Crippen LogP contribution in [-0.4, -0.2) is 22.5 Å². The highest BCUT2D eigenvalue weighted by atomic mass is 19.1. The molecule has 0 aliphatic carbocycles. The number of halogens is 1. The Hall–Kier alpha value is -3.19. The van der Waals surface area contributed by atoms with E-state index >= 15 is 0 Å². The average Bonchev–Trinajstić information content (AvgIpc) is 3.14. The number of aliphatic hydroxyl groups excluding tert-OH is 1. The van der Waals surface area contributed by atoms with Gasteiger partial charge >= 0.3 is 0 Å². The van der Waals surface area contributed by atoms with Gasteiger partial charge in [0.15, 0.2) is 0 Å². The first-order valence-electron chi connectivity index (χ1n) is 7.53. The minimum atomic E-state index is -1.01. The number of aromatic nitrogens is 1. The number of carbonyl (C=O) groups is 1. The molecule has 0 fully saturated rings. The Bertz CT molecular complexity index is 917. The molecule has 0 radical (unpaired) electrons. The lowest BCUT2D eigenvalue weighted by atomic mass is 10.1. The van der Waals surface area contributed by atoms with E-state index in [0.717, 1.165) is 0 Å². The molecule has 3 N–H and O–H groups in total. The fraction of sp³-hybridized carbons (Fsp3) is 0.111. The van der Waals surface area contributed by atoms with Crippen LogP contribution in [0.1, 0.15) is 22.0 Å². The number of amides is 1. The van der Waals surface area contributed by atoms with Crippen molar-refractivity contribution in [2.24, 2.45) is 0 Å². The van der Waals surface area contributed by atoms with Gasteiger partial charge in [0.05, 0.1) is 18.1 Å². The number of aliphatic hydroxyl groups is 1. The number of furan rings is 1. The fourth-order valence-electron chi connectivity index (χ4n) is 2.32. The molecule has 0 aliphatic heterocycles. The number of H-pyrrole nitrogens is 1. The molecule has 0 saturated carbocycles. The van der Waals surface area contributed by atoms with Gasteiger partial charge in [-0.3, -0.25) is 9.59 Å². The predicted octanol–water partition coefficient (Wildman–Crippen LogP) is 2.24. The number of benzene rings is 1. The van der Waals surface area contributed by atoms with Crippen LogP contribution in [0.15, 0.2) is 64.0 Å². The van der Waals surface area contributed by atoms with Crippen molar-refractivity contribution in [1.29, 1.82) is 0 Å². The summed E-state index contributed by atoms with van der Waals surface area (Å²) in [6.45, 7) is -0.107. The third-order valence-corrected chi connectivity index (χ3v) is 3.65. The van der Waals surface area contributed by atoms with E-state index in [1.807, 2.05) is 0 Å². The Balaban J connectivity index is 1.67. The molecule has 2 aromatic heterocycles. The molecule has 0 aliphatic rings. The number of carbonyl (C=O) groups excluding carboxylic acids is 1. The van der Waals surface area contributed by atoms with E-state index in [1.165, 1.54) is 36.6 Å². The third kappa shape index (κ3) is 3.84. The zero-order valence-corrected chi connectivity index (χ0v) is 13.0. The van der Waals surface area contributed by atoms with Crippen molar-refractivity contribution in [2.45, 2.75) is 6.10 Å². The van der Waals surface area contributed by atoms with E-state index in [9.17, 15) is 19.1 Å². The van der Waals surface area contributed by atoms with Crippen molar-refractivity contribution in [3.63, 3.8) is 0 Å². The molecule has 0 saturated heterocycles. The van der Waals surface area contributed by atoms with E-state index in [4.69, 9.17) is 4.42 Å². The summed E-state index contributed by atoms with van der Waals surface area (Å²) in [6, 6.07) is 11.6. The minimum Gasteiger partial charge on any atom is -0.463 e. The van der Waals surface area contributed by atoms with E-state index in [2.05, 4.69) is 10.3 Å². The third-order valence-electron chi connectivity index (χ3n) is 3.65.